The molecule has 0 radical (unpaired) electrons. The van der Waals surface area contributed by atoms with E-state index in [0.717, 1.165) is 11.8 Å². The number of aryl methyl sites for hydroxylation is 1. The molecule has 0 aliphatic carbocycles. The van der Waals surface area contributed by atoms with Crippen molar-refractivity contribution >= 4 is 11.6 Å². The van der Waals surface area contributed by atoms with E-state index in [1.807, 2.05) is 0 Å². The molecule has 0 spiro atoms. The van der Waals surface area contributed by atoms with Crippen molar-refractivity contribution in [3.63, 3.8) is 0 Å². The third kappa shape index (κ3) is 4.62. The first-order valence-electron chi connectivity index (χ1n) is 7.20. The maximum atomic E-state index is 5.81. The van der Waals surface area contributed by atoms with Gasteiger partial charge in [-0.05, 0) is 56.7 Å². The molecule has 1 saturated heterocycles. The Balaban J connectivity index is 1.56. The van der Waals surface area contributed by atoms with Crippen molar-refractivity contribution in [1.82, 2.24) is 4.90 Å². The quantitative estimate of drug-likeness (QED) is 0.533. The van der Waals surface area contributed by atoms with Crippen LogP contribution in [0.25, 0.3) is 0 Å². The highest BCUT2D eigenvalue weighted by Gasteiger charge is 2.20. The summed E-state index contributed by atoms with van der Waals surface area (Å²) >= 11 is 5.81. The lowest BCUT2D eigenvalue weighted by atomic mass is 10.1. The molecule has 0 bridgehead atoms. The second-order valence-electron chi connectivity index (χ2n) is 5.38. The van der Waals surface area contributed by atoms with E-state index in [2.05, 4.69) is 35.2 Å². The van der Waals surface area contributed by atoms with E-state index in [1.165, 1.54) is 57.3 Å². The van der Waals surface area contributed by atoms with E-state index in [-0.39, 0.29) is 0 Å². The van der Waals surface area contributed by atoms with Gasteiger partial charge < -0.3 is 4.90 Å². The summed E-state index contributed by atoms with van der Waals surface area (Å²) in [7, 11) is 0. The predicted molar refractivity (Wildman–Crippen MR) is 79.3 cm³/mol. The summed E-state index contributed by atoms with van der Waals surface area (Å²) in [6.07, 6.45) is 6.40. The molecule has 0 N–H and O–H groups in total. The average Bonchev–Trinajstić information content (AvgIpc) is 2.84. The normalized spacial score (nSPS) is 20.4. The van der Waals surface area contributed by atoms with Gasteiger partial charge in [-0.25, -0.2) is 0 Å². The Labute approximate surface area is 116 Å². The van der Waals surface area contributed by atoms with Crippen LogP contribution in [0.2, 0.25) is 0 Å². The lowest BCUT2D eigenvalue weighted by molar-refractivity contribution is 0.315. The van der Waals surface area contributed by atoms with Crippen LogP contribution in [0.15, 0.2) is 30.3 Å². The Morgan fingerprint density at radius 2 is 2.00 bits per heavy atom. The largest absolute Gasteiger partial charge is 0.303 e. The SMILES string of the molecule is ClCCC1CCN(CCCCc2ccccc2)C1. The second-order valence-corrected chi connectivity index (χ2v) is 5.75. The second kappa shape index (κ2) is 7.81. The average molecular weight is 266 g/mol. The zero-order valence-corrected chi connectivity index (χ0v) is 11.9. The lowest BCUT2D eigenvalue weighted by Gasteiger charge is -2.15. The molecule has 1 aromatic rings. The Kier molecular flexibility index (Phi) is 6.02. The van der Waals surface area contributed by atoms with Crippen LogP contribution in [0.5, 0.6) is 0 Å². The topological polar surface area (TPSA) is 3.24 Å². The molecule has 1 nitrogen and oxygen atoms in total. The Morgan fingerprint density at radius 3 is 2.78 bits per heavy atom. The van der Waals surface area contributed by atoms with Gasteiger partial charge in [-0.15, -0.1) is 11.6 Å². The highest BCUT2D eigenvalue weighted by Crippen LogP contribution is 2.20. The van der Waals surface area contributed by atoms with E-state index in [0.29, 0.717) is 0 Å². The van der Waals surface area contributed by atoms with Crippen molar-refractivity contribution < 1.29 is 0 Å². The summed E-state index contributed by atoms with van der Waals surface area (Å²) in [4.78, 5) is 2.61. The number of benzene rings is 1. The zero-order chi connectivity index (χ0) is 12.6. The highest BCUT2D eigenvalue weighted by molar-refractivity contribution is 6.17. The number of unbranched alkanes of at least 4 members (excludes halogenated alkanes) is 1. The van der Waals surface area contributed by atoms with Crippen LogP contribution >= 0.6 is 11.6 Å². The van der Waals surface area contributed by atoms with Crippen molar-refractivity contribution in [1.29, 1.82) is 0 Å². The Hall–Kier alpha value is -0.530. The fourth-order valence-electron chi connectivity index (χ4n) is 2.82. The Bertz CT molecular complexity index is 325. The van der Waals surface area contributed by atoms with E-state index in [9.17, 15) is 0 Å². The number of halogens is 1. The fraction of sp³-hybridized carbons (Fsp3) is 0.625. The molecular weight excluding hydrogens is 242 g/mol. The summed E-state index contributed by atoms with van der Waals surface area (Å²) in [5.41, 5.74) is 1.47. The van der Waals surface area contributed by atoms with Crippen LogP contribution in [0.3, 0.4) is 0 Å². The Morgan fingerprint density at radius 1 is 1.17 bits per heavy atom. The minimum absolute atomic E-state index is 0.826. The smallest absolute Gasteiger partial charge is 0.0226 e. The van der Waals surface area contributed by atoms with Gasteiger partial charge in [0.2, 0.25) is 0 Å². The molecule has 100 valence electrons. The molecule has 1 atom stereocenters. The van der Waals surface area contributed by atoms with Gasteiger partial charge in [0, 0.05) is 12.4 Å². The molecule has 2 heteroatoms. The van der Waals surface area contributed by atoms with E-state index >= 15 is 0 Å². The standard InChI is InChI=1S/C16H24ClN/c17-11-9-16-10-13-18(14-16)12-5-4-8-15-6-2-1-3-7-15/h1-3,6-7,16H,4-5,8-14H2. The molecule has 1 fully saturated rings. The van der Waals surface area contributed by atoms with Crippen molar-refractivity contribution in [2.45, 2.75) is 32.1 Å². The van der Waals surface area contributed by atoms with Crippen molar-refractivity contribution in [3.8, 4) is 0 Å². The molecule has 1 aliphatic heterocycles. The van der Waals surface area contributed by atoms with Gasteiger partial charge in [-0.3, -0.25) is 0 Å². The van der Waals surface area contributed by atoms with Crippen LogP contribution in [0.4, 0.5) is 0 Å². The van der Waals surface area contributed by atoms with E-state index in [4.69, 9.17) is 11.6 Å². The van der Waals surface area contributed by atoms with Crippen LogP contribution < -0.4 is 0 Å². The first-order chi connectivity index (χ1) is 8.88. The van der Waals surface area contributed by atoms with Gasteiger partial charge >= 0.3 is 0 Å². The molecule has 18 heavy (non-hydrogen) atoms. The van der Waals surface area contributed by atoms with Crippen molar-refractivity contribution in [2.75, 3.05) is 25.5 Å². The number of likely N-dealkylation sites (tertiary alicyclic amines) is 1. The monoisotopic (exact) mass is 265 g/mol. The van der Waals surface area contributed by atoms with Gasteiger partial charge in [0.1, 0.15) is 0 Å². The maximum Gasteiger partial charge on any atom is 0.0226 e. The first-order valence-corrected chi connectivity index (χ1v) is 7.74. The summed E-state index contributed by atoms with van der Waals surface area (Å²) in [5.74, 6) is 1.68. The summed E-state index contributed by atoms with van der Waals surface area (Å²) in [6, 6.07) is 10.8. The molecule has 0 saturated carbocycles. The van der Waals surface area contributed by atoms with Gasteiger partial charge in [0.25, 0.3) is 0 Å². The molecular formula is C16H24ClN. The number of alkyl halides is 1. The van der Waals surface area contributed by atoms with E-state index in [1.54, 1.807) is 0 Å². The van der Waals surface area contributed by atoms with E-state index < -0.39 is 0 Å². The van der Waals surface area contributed by atoms with Crippen LogP contribution in [-0.2, 0) is 6.42 Å². The summed E-state index contributed by atoms with van der Waals surface area (Å²) in [6.45, 7) is 3.83. The first kappa shape index (κ1) is 13.9. The van der Waals surface area contributed by atoms with Gasteiger partial charge in [0.05, 0.1) is 0 Å². The predicted octanol–water partition coefficient (Wildman–Crippen LogP) is 3.96. The molecule has 2 rings (SSSR count). The zero-order valence-electron chi connectivity index (χ0n) is 11.2. The molecule has 0 amide bonds. The van der Waals surface area contributed by atoms with Crippen molar-refractivity contribution in [2.24, 2.45) is 5.92 Å². The summed E-state index contributed by atoms with van der Waals surface area (Å²) in [5, 5.41) is 0. The molecule has 1 unspecified atom stereocenters. The third-order valence-electron chi connectivity index (χ3n) is 3.92. The van der Waals surface area contributed by atoms with Crippen molar-refractivity contribution in [3.05, 3.63) is 35.9 Å². The molecule has 1 heterocycles. The van der Waals surface area contributed by atoms with Crippen LogP contribution in [-0.4, -0.2) is 30.4 Å². The fourth-order valence-corrected chi connectivity index (χ4v) is 3.12. The number of hydrogen-bond donors (Lipinski definition) is 0. The van der Waals surface area contributed by atoms with Gasteiger partial charge in [-0.2, -0.15) is 0 Å². The number of nitrogens with zero attached hydrogens (tertiary/aromatic N) is 1. The summed E-state index contributed by atoms with van der Waals surface area (Å²) < 4.78 is 0. The lowest BCUT2D eigenvalue weighted by Crippen LogP contribution is -2.22. The molecule has 0 aromatic heterocycles. The van der Waals surface area contributed by atoms with Crippen LogP contribution in [0, 0.1) is 5.92 Å². The minimum atomic E-state index is 0.826. The number of rotatable bonds is 7. The third-order valence-corrected chi connectivity index (χ3v) is 4.14. The van der Waals surface area contributed by atoms with Gasteiger partial charge in [0.15, 0.2) is 0 Å². The van der Waals surface area contributed by atoms with Gasteiger partial charge in [-0.1, -0.05) is 30.3 Å². The maximum absolute atomic E-state index is 5.81. The molecule has 1 aliphatic rings. The minimum Gasteiger partial charge on any atom is -0.303 e. The highest BCUT2D eigenvalue weighted by atomic mass is 35.5. The number of hydrogen-bond acceptors (Lipinski definition) is 1. The van der Waals surface area contributed by atoms with Crippen LogP contribution in [0.1, 0.15) is 31.2 Å². The molecule has 1 aromatic carbocycles.